The van der Waals surface area contributed by atoms with Crippen LogP contribution >= 0.6 is 0 Å². The predicted molar refractivity (Wildman–Crippen MR) is 71.5 cm³/mol. The number of nitrogens with one attached hydrogen (secondary N) is 1. The molecule has 0 aliphatic heterocycles. The largest absolute Gasteiger partial charge is 0.361 e. The summed E-state index contributed by atoms with van der Waals surface area (Å²) >= 11 is 0. The molecule has 0 fully saturated rings. The molecule has 0 aliphatic rings. The predicted octanol–water partition coefficient (Wildman–Crippen LogP) is 1.75. The van der Waals surface area contributed by atoms with Gasteiger partial charge in [-0.1, -0.05) is 23.4 Å². The summed E-state index contributed by atoms with van der Waals surface area (Å²) in [7, 11) is 0. The molecular formula is C14H10N6. The molecule has 3 rings (SSSR count). The van der Waals surface area contributed by atoms with Gasteiger partial charge in [0.05, 0.1) is 11.8 Å². The van der Waals surface area contributed by atoms with Crippen LogP contribution in [0.4, 0.5) is 0 Å². The maximum Gasteiger partial charge on any atom is 0.186 e. The first-order chi connectivity index (χ1) is 9.83. The summed E-state index contributed by atoms with van der Waals surface area (Å²) in [5.41, 5.74) is 3.03. The van der Waals surface area contributed by atoms with E-state index < -0.39 is 0 Å². The molecule has 0 unspecified atom stereocenters. The Morgan fingerprint density at radius 2 is 2.10 bits per heavy atom. The van der Waals surface area contributed by atoms with Gasteiger partial charge in [0.25, 0.3) is 0 Å². The van der Waals surface area contributed by atoms with E-state index in [0.717, 1.165) is 16.5 Å². The van der Waals surface area contributed by atoms with Crippen LogP contribution in [0.2, 0.25) is 0 Å². The lowest BCUT2D eigenvalue weighted by atomic mass is 10.1. The number of rotatable bonds is 3. The van der Waals surface area contributed by atoms with E-state index in [2.05, 4.69) is 15.3 Å². The second-order valence-corrected chi connectivity index (χ2v) is 4.35. The fourth-order valence-electron chi connectivity index (χ4n) is 2.25. The molecule has 3 aromatic rings. The van der Waals surface area contributed by atoms with Gasteiger partial charge in [0, 0.05) is 23.5 Å². The third kappa shape index (κ3) is 1.90. The molecule has 96 valence electrons. The fourth-order valence-corrected chi connectivity index (χ4v) is 2.25. The summed E-state index contributed by atoms with van der Waals surface area (Å²) in [6.45, 7) is 0.0897. The standard InChI is InChI=1S/C14H10N6/c15-5-6-20-14(13(8-16)18-19-20)7-10-9-17-12-4-2-1-3-11(10)12/h1-4,9,17H,6-7H2. The van der Waals surface area contributed by atoms with E-state index in [9.17, 15) is 0 Å². The molecule has 2 aromatic heterocycles. The van der Waals surface area contributed by atoms with Gasteiger partial charge in [-0.25, -0.2) is 4.68 Å². The molecule has 6 nitrogen and oxygen atoms in total. The molecule has 0 aliphatic carbocycles. The van der Waals surface area contributed by atoms with E-state index in [1.165, 1.54) is 4.68 Å². The number of aromatic amines is 1. The maximum absolute atomic E-state index is 9.09. The van der Waals surface area contributed by atoms with E-state index in [-0.39, 0.29) is 12.2 Å². The van der Waals surface area contributed by atoms with Crippen molar-refractivity contribution in [2.75, 3.05) is 0 Å². The zero-order valence-corrected chi connectivity index (χ0v) is 10.5. The second kappa shape index (κ2) is 4.87. The Kier molecular flexibility index (Phi) is 2.91. The molecule has 0 radical (unpaired) electrons. The number of nitriles is 2. The molecule has 0 saturated heterocycles. The molecule has 1 N–H and O–H groups in total. The molecule has 6 heteroatoms. The fraction of sp³-hybridized carbons (Fsp3) is 0.143. The summed E-state index contributed by atoms with van der Waals surface area (Å²) in [6, 6.07) is 12.0. The smallest absolute Gasteiger partial charge is 0.186 e. The van der Waals surface area contributed by atoms with Crippen molar-refractivity contribution in [1.82, 2.24) is 20.0 Å². The molecule has 0 amide bonds. The van der Waals surface area contributed by atoms with E-state index in [0.29, 0.717) is 12.1 Å². The van der Waals surface area contributed by atoms with Crippen LogP contribution in [0, 0.1) is 22.7 Å². The second-order valence-electron chi connectivity index (χ2n) is 4.35. The Balaban J connectivity index is 2.05. The highest BCUT2D eigenvalue weighted by atomic mass is 15.4. The van der Waals surface area contributed by atoms with E-state index in [1.54, 1.807) is 0 Å². The van der Waals surface area contributed by atoms with Gasteiger partial charge < -0.3 is 4.98 Å². The molecule has 20 heavy (non-hydrogen) atoms. The van der Waals surface area contributed by atoms with Crippen molar-refractivity contribution >= 4 is 10.9 Å². The Hall–Kier alpha value is -3.12. The van der Waals surface area contributed by atoms with Crippen molar-refractivity contribution in [2.24, 2.45) is 0 Å². The van der Waals surface area contributed by atoms with Crippen molar-refractivity contribution in [2.45, 2.75) is 13.0 Å². The summed E-state index contributed by atoms with van der Waals surface area (Å²) in [5, 5.41) is 26.6. The van der Waals surface area contributed by atoms with Crippen molar-refractivity contribution in [3.05, 3.63) is 47.4 Å². The minimum Gasteiger partial charge on any atom is -0.361 e. The van der Waals surface area contributed by atoms with Crippen molar-refractivity contribution in [1.29, 1.82) is 10.5 Å². The van der Waals surface area contributed by atoms with Crippen molar-refractivity contribution in [3.63, 3.8) is 0 Å². The Bertz CT molecular complexity index is 843. The van der Waals surface area contributed by atoms with Crippen LogP contribution < -0.4 is 0 Å². The van der Waals surface area contributed by atoms with Crippen molar-refractivity contribution < 1.29 is 0 Å². The third-order valence-electron chi connectivity index (χ3n) is 3.20. The summed E-state index contributed by atoms with van der Waals surface area (Å²) in [4.78, 5) is 3.19. The topological polar surface area (TPSA) is 94.1 Å². The highest BCUT2D eigenvalue weighted by Crippen LogP contribution is 2.21. The van der Waals surface area contributed by atoms with Gasteiger partial charge >= 0.3 is 0 Å². The minimum atomic E-state index is 0.0897. The van der Waals surface area contributed by atoms with Gasteiger partial charge in [0.15, 0.2) is 5.69 Å². The first-order valence-corrected chi connectivity index (χ1v) is 6.08. The van der Waals surface area contributed by atoms with Gasteiger partial charge in [-0.05, 0) is 11.6 Å². The van der Waals surface area contributed by atoms with Crippen LogP contribution in [0.25, 0.3) is 10.9 Å². The number of H-pyrrole nitrogens is 1. The van der Waals surface area contributed by atoms with Crippen LogP contribution in [0.3, 0.4) is 0 Å². The van der Waals surface area contributed by atoms with Gasteiger partial charge in [0.2, 0.25) is 0 Å². The molecule has 0 spiro atoms. The number of hydrogen-bond acceptors (Lipinski definition) is 4. The lowest BCUT2D eigenvalue weighted by Crippen LogP contribution is -2.05. The van der Waals surface area contributed by atoms with E-state index in [4.69, 9.17) is 10.5 Å². The third-order valence-corrected chi connectivity index (χ3v) is 3.20. The van der Waals surface area contributed by atoms with E-state index >= 15 is 0 Å². The Morgan fingerprint density at radius 1 is 1.25 bits per heavy atom. The lowest BCUT2D eigenvalue weighted by molar-refractivity contribution is 0.643. The number of nitrogens with zero attached hydrogens (tertiary/aromatic N) is 5. The molecule has 0 bridgehead atoms. The van der Waals surface area contributed by atoms with Crippen molar-refractivity contribution in [3.8, 4) is 12.1 Å². The Labute approximate surface area is 114 Å². The summed E-state index contributed by atoms with van der Waals surface area (Å²) in [6.07, 6.45) is 2.43. The summed E-state index contributed by atoms with van der Waals surface area (Å²) < 4.78 is 1.47. The first kappa shape index (κ1) is 11.9. The van der Waals surface area contributed by atoms with Crippen LogP contribution in [-0.4, -0.2) is 20.0 Å². The Morgan fingerprint density at radius 3 is 2.90 bits per heavy atom. The molecule has 0 saturated carbocycles. The van der Waals surface area contributed by atoms with Crippen LogP contribution in [-0.2, 0) is 13.0 Å². The van der Waals surface area contributed by atoms with Gasteiger partial charge in [0.1, 0.15) is 12.6 Å². The zero-order valence-electron chi connectivity index (χ0n) is 10.5. The zero-order chi connectivity index (χ0) is 13.9. The van der Waals surface area contributed by atoms with Crippen LogP contribution in [0.5, 0.6) is 0 Å². The highest BCUT2D eigenvalue weighted by molar-refractivity contribution is 5.83. The quantitative estimate of drug-likeness (QED) is 0.777. The maximum atomic E-state index is 9.09. The molecular weight excluding hydrogens is 252 g/mol. The number of aromatic nitrogens is 4. The molecule has 1 aromatic carbocycles. The van der Waals surface area contributed by atoms with Crippen LogP contribution in [0.15, 0.2) is 30.5 Å². The average Bonchev–Trinajstić information content (AvgIpc) is 3.05. The lowest BCUT2D eigenvalue weighted by Gasteiger charge is -2.02. The summed E-state index contributed by atoms with van der Waals surface area (Å²) in [5.74, 6) is 0. The monoisotopic (exact) mass is 262 g/mol. The first-order valence-electron chi connectivity index (χ1n) is 6.08. The number of para-hydroxylation sites is 1. The van der Waals surface area contributed by atoms with Gasteiger partial charge in [-0.2, -0.15) is 10.5 Å². The van der Waals surface area contributed by atoms with Gasteiger partial charge in [-0.3, -0.25) is 0 Å². The highest BCUT2D eigenvalue weighted by Gasteiger charge is 2.14. The normalized spacial score (nSPS) is 10.3. The molecule has 2 heterocycles. The minimum absolute atomic E-state index is 0.0897. The number of benzene rings is 1. The van der Waals surface area contributed by atoms with E-state index in [1.807, 2.05) is 42.6 Å². The molecule has 0 atom stereocenters. The SMILES string of the molecule is N#CCn1nnc(C#N)c1Cc1c[nH]c2ccccc12. The van der Waals surface area contributed by atoms with Gasteiger partial charge in [-0.15, -0.1) is 5.10 Å². The number of fused-ring (bicyclic) bond motifs is 1. The number of hydrogen-bond donors (Lipinski definition) is 1. The van der Waals surface area contributed by atoms with Crippen LogP contribution in [0.1, 0.15) is 17.0 Å². The average molecular weight is 262 g/mol.